The highest BCUT2D eigenvalue weighted by Gasteiger charge is 1.77. The van der Waals surface area contributed by atoms with Gasteiger partial charge >= 0.3 is 5.97 Å². The van der Waals surface area contributed by atoms with Crippen LogP contribution < -0.4 is 0 Å². The number of carbonyl (C=O) groups is 1. The Bertz CT molecular complexity index is 76.9. The van der Waals surface area contributed by atoms with E-state index >= 15 is 0 Å². The highest BCUT2D eigenvalue weighted by molar-refractivity contribution is 7.83. The molecule has 0 heterocycles. The molecular weight excluding hydrogens is 100 g/mol. The van der Waals surface area contributed by atoms with Crippen molar-refractivity contribution in [3.05, 3.63) is 11.5 Å². The van der Waals surface area contributed by atoms with Gasteiger partial charge < -0.3 is 5.11 Å². The fourth-order valence-electron chi connectivity index (χ4n) is 0.0638. The highest BCUT2D eigenvalue weighted by atomic mass is 32.1. The van der Waals surface area contributed by atoms with Crippen LogP contribution in [0.15, 0.2) is 11.5 Å². The van der Waals surface area contributed by atoms with Gasteiger partial charge in [0.15, 0.2) is 0 Å². The molecule has 6 heavy (non-hydrogen) atoms. The molecule has 0 aliphatic rings. The first-order valence-corrected chi connectivity index (χ1v) is 1.82. The molecule has 2 nitrogen and oxygen atoms in total. The number of thiol groups is 1. The molecule has 0 amide bonds. The van der Waals surface area contributed by atoms with Crippen molar-refractivity contribution in [2.45, 2.75) is 0 Å². The van der Waals surface area contributed by atoms with E-state index in [0.717, 1.165) is 6.08 Å². The largest absolute Gasteiger partial charge is 0.478 e. The Morgan fingerprint density at radius 1 is 1.83 bits per heavy atom. The van der Waals surface area contributed by atoms with Crippen LogP contribution in [0.1, 0.15) is 0 Å². The third kappa shape index (κ3) is 3.56. The molecule has 0 rings (SSSR count). The zero-order valence-corrected chi connectivity index (χ0v) is 3.85. The summed E-state index contributed by atoms with van der Waals surface area (Å²) in [6.07, 6.45) is 0.948. The van der Waals surface area contributed by atoms with Gasteiger partial charge in [0, 0.05) is 6.08 Å². The first kappa shape index (κ1) is 5.56. The average Bonchev–Trinajstić information content (AvgIpc) is 1.35. The van der Waals surface area contributed by atoms with Crippen molar-refractivity contribution >= 4 is 18.6 Å². The summed E-state index contributed by atoms with van der Waals surface area (Å²) in [5.41, 5.74) is 0. The van der Waals surface area contributed by atoms with Gasteiger partial charge in [0.05, 0.1) is 0 Å². The standard InChI is InChI=1S/C3H4O2S/c4-3(5)1-2-6/h1-2,6H,(H,4,5)/b2-1+. The van der Waals surface area contributed by atoms with E-state index in [-0.39, 0.29) is 0 Å². The second-order valence-corrected chi connectivity index (χ2v) is 0.952. The van der Waals surface area contributed by atoms with Gasteiger partial charge in [0.2, 0.25) is 0 Å². The molecule has 0 bridgehead atoms. The van der Waals surface area contributed by atoms with E-state index in [1.165, 1.54) is 5.41 Å². The van der Waals surface area contributed by atoms with Crippen molar-refractivity contribution in [1.29, 1.82) is 0 Å². The molecule has 0 spiro atoms. The molecule has 3 heteroatoms. The Labute approximate surface area is 40.9 Å². The van der Waals surface area contributed by atoms with Crippen molar-refractivity contribution < 1.29 is 9.90 Å². The summed E-state index contributed by atoms with van der Waals surface area (Å²) in [5.74, 6) is -0.968. The quantitative estimate of drug-likeness (QED) is 0.376. The van der Waals surface area contributed by atoms with E-state index in [0.29, 0.717) is 0 Å². The predicted molar refractivity (Wildman–Crippen MR) is 25.8 cm³/mol. The summed E-state index contributed by atoms with van der Waals surface area (Å²) in [5, 5.41) is 8.95. The minimum atomic E-state index is -0.968. The maximum Gasteiger partial charge on any atom is 0.328 e. The molecular formula is C3H4O2S. The number of hydrogen-bond donors (Lipinski definition) is 2. The molecule has 0 saturated heterocycles. The van der Waals surface area contributed by atoms with Crippen LogP contribution >= 0.6 is 12.6 Å². The Hall–Kier alpha value is -0.440. The molecule has 0 aliphatic heterocycles. The van der Waals surface area contributed by atoms with Crippen LogP contribution in [0.2, 0.25) is 0 Å². The monoisotopic (exact) mass is 104 g/mol. The summed E-state index contributed by atoms with van der Waals surface area (Å²) in [4.78, 5) is 9.46. The molecule has 0 aliphatic carbocycles. The minimum Gasteiger partial charge on any atom is -0.478 e. The van der Waals surface area contributed by atoms with E-state index in [1.807, 2.05) is 0 Å². The van der Waals surface area contributed by atoms with Crippen LogP contribution in [0.25, 0.3) is 0 Å². The minimum absolute atomic E-state index is 0.948. The van der Waals surface area contributed by atoms with Crippen LogP contribution in [0, 0.1) is 0 Å². The third-order valence-electron chi connectivity index (χ3n) is 0.217. The van der Waals surface area contributed by atoms with Crippen LogP contribution in [-0.4, -0.2) is 11.1 Å². The third-order valence-corrected chi connectivity index (χ3v) is 0.366. The molecule has 0 radical (unpaired) electrons. The van der Waals surface area contributed by atoms with Crippen LogP contribution in [0.3, 0.4) is 0 Å². The molecule has 0 saturated carbocycles. The van der Waals surface area contributed by atoms with E-state index in [2.05, 4.69) is 12.6 Å². The maximum atomic E-state index is 9.46. The van der Waals surface area contributed by atoms with Crippen molar-refractivity contribution in [2.24, 2.45) is 0 Å². The van der Waals surface area contributed by atoms with E-state index < -0.39 is 5.97 Å². The lowest BCUT2D eigenvalue weighted by molar-refractivity contribution is -0.131. The summed E-state index contributed by atoms with van der Waals surface area (Å²) < 4.78 is 0. The maximum absolute atomic E-state index is 9.46. The van der Waals surface area contributed by atoms with Crippen molar-refractivity contribution in [1.82, 2.24) is 0 Å². The molecule has 0 fully saturated rings. The molecule has 0 aromatic carbocycles. The molecule has 34 valence electrons. The molecule has 0 unspecified atom stereocenters. The van der Waals surface area contributed by atoms with Gasteiger partial charge in [-0.25, -0.2) is 4.79 Å². The normalized spacial score (nSPS) is 9.50. The fraction of sp³-hybridized carbons (Fsp3) is 0. The lowest BCUT2D eigenvalue weighted by Gasteiger charge is -1.68. The smallest absolute Gasteiger partial charge is 0.328 e. The molecule has 0 aromatic rings. The topological polar surface area (TPSA) is 37.3 Å². The first-order valence-electron chi connectivity index (χ1n) is 1.31. The van der Waals surface area contributed by atoms with Gasteiger partial charge in [0.1, 0.15) is 0 Å². The Kier molecular flexibility index (Phi) is 2.58. The first-order chi connectivity index (χ1) is 2.77. The van der Waals surface area contributed by atoms with Crippen molar-refractivity contribution in [3.8, 4) is 0 Å². The van der Waals surface area contributed by atoms with Crippen molar-refractivity contribution in [2.75, 3.05) is 0 Å². The zero-order chi connectivity index (χ0) is 4.99. The Balaban J connectivity index is 3.30. The van der Waals surface area contributed by atoms with Crippen LogP contribution in [-0.2, 0) is 4.79 Å². The van der Waals surface area contributed by atoms with Gasteiger partial charge in [-0.1, -0.05) is 0 Å². The van der Waals surface area contributed by atoms with Gasteiger partial charge in [0.25, 0.3) is 0 Å². The molecule has 0 atom stereocenters. The molecule has 0 aromatic heterocycles. The SMILES string of the molecule is O=C(O)/C=C/S. The van der Waals surface area contributed by atoms with Crippen LogP contribution in [0.4, 0.5) is 0 Å². The predicted octanol–water partition coefficient (Wildman–Crippen LogP) is 0.514. The lowest BCUT2D eigenvalue weighted by Crippen LogP contribution is -1.83. The average molecular weight is 104 g/mol. The number of aliphatic carboxylic acids is 1. The number of carboxylic acids is 1. The number of hydrogen-bond acceptors (Lipinski definition) is 2. The van der Waals surface area contributed by atoms with Gasteiger partial charge in [-0.15, -0.1) is 0 Å². The van der Waals surface area contributed by atoms with E-state index in [9.17, 15) is 4.79 Å². The summed E-state index contributed by atoms with van der Waals surface area (Å²) in [6.45, 7) is 0. The van der Waals surface area contributed by atoms with Gasteiger partial charge in [-0.3, -0.25) is 0 Å². The van der Waals surface area contributed by atoms with Crippen molar-refractivity contribution in [3.63, 3.8) is 0 Å². The second-order valence-electron chi connectivity index (χ2n) is 0.654. The van der Waals surface area contributed by atoms with Crippen LogP contribution in [0.5, 0.6) is 0 Å². The molecule has 1 N–H and O–H groups in total. The van der Waals surface area contributed by atoms with Gasteiger partial charge in [-0.2, -0.15) is 12.6 Å². The highest BCUT2D eigenvalue weighted by Crippen LogP contribution is 1.73. The van der Waals surface area contributed by atoms with E-state index in [1.54, 1.807) is 0 Å². The summed E-state index contributed by atoms with van der Waals surface area (Å²) >= 11 is 3.50. The number of rotatable bonds is 1. The second kappa shape index (κ2) is 2.78. The summed E-state index contributed by atoms with van der Waals surface area (Å²) in [7, 11) is 0. The van der Waals surface area contributed by atoms with E-state index in [4.69, 9.17) is 5.11 Å². The van der Waals surface area contributed by atoms with Gasteiger partial charge in [-0.05, 0) is 5.41 Å². The lowest BCUT2D eigenvalue weighted by atomic mass is 10.7. The fourth-order valence-corrected chi connectivity index (χ4v) is 0.191. The number of carboxylic acid groups (broad SMARTS) is 1. The Morgan fingerprint density at radius 3 is 2.33 bits per heavy atom. The summed E-state index contributed by atoms with van der Waals surface area (Å²) in [6, 6.07) is 0. The zero-order valence-electron chi connectivity index (χ0n) is 2.96. The Morgan fingerprint density at radius 2 is 2.33 bits per heavy atom.